The third-order valence-electron chi connectivity index (χ3n) is 2.43. The summed E-state index contributed by atoms with van der Waals surface area (Å²) in [5, 5.41) is 19.6. The minimum atomic E-state index is -1.05. The van der Waals surface area contributed by atoms with Gasteiger partial charge < -0.3 is 20.3 Å². The number of carboxylic acid groups (broad SMARTS) is 1. The van der Waals surface area contributed by atoms with E-state index in [4.69, 9.17) is 9.63 Å². The van der Waals surface area contributed by atoms with Crippen molar-refractivity contribution >= 4 is 23.3 Å². The smallest absolute Gasteiger partial charge is 0.355 e. The van der Waals surface area contributed by atoms with Crippen LogP contribution < -0.4 is 10.6 Å². The Labute approximate surface area is 123 Å². The third-order valence-corrected chi connectivity index (χ3v) is 3.34. The lowest BCUT2D eigenvalue weighted by Crippen LogP contribution is -2.37. The first-order valence-corrected chi connectivity index (χ1v) is 6.98. The highest BCUT2D eigenvalue weighted by Gasteiger charge is 2.08. The van der Waals surface area contributed by atoms with Crippen molar-refractivity contribution in [2.24, 2.45) is 0 Å². The zero-order valence-electron chi connectivity index (χ0n) is 10.9. The molecule has 0 aliphatic carbocycles. The van der Waals surface area contributed by atoms with E-state index < -0.39 is 5.97 Å². The van der Waals surface area contributed by atoms with E-state index in [9.17, 15) is 9.59 Å². The average molecular weight is 311 g/mol. The Balaban J connectivity index is 1.61. The van der Waals surface area contributed by atoms with Gasteiger partial charge in [0.25, 0.3) is 0 Å². The van der Waals surface area contributed by atoms with E-state index in [0.29, 0.717) is 36.8 Å². The minimum absolute atomic E-state index is 0.0269. The van der Waals surface area contributed by atoms with E-state index in [-0.39, 0.29) is 11.7 Å². The van der Waals surface area contributed by atoms with Crippen molar-refractivity contribution in [3.63, 3.8) is 0 Å². The third kappa shape index (κ3) is 4.84. The number of hydrogen-bond acceptors (Lipinski definition) is 7. The van der Waals surface area contributed by atoms with Crippen molar-refractivity contribution < 1.29 is 19.2 Å². The van der Waals surface area contributed by atoms with Crippen molar-refractivity contribution in [3.8, 4) is 0 Å². The van der Waals surface area contributed by atoms with Crippen LogP contribution in [0.3, 0.4) is 0 Å². The first kappa shape index (κ1) is 14.9. The van der Waals surface area contributed by atoms with Crippen molar-refractivity contribution in [2.75, 3.05) is 13.1 Å². The van der Waals surface area contributed by atoms with Gasteiger partial charge in [-0.2, -0.15) is 4.98 Å². The molecular formula is C11H13N5O4S. The number of carbonyl (C=O) groups excluding carboxylic acids is 1. The normalized spacial score (nSPS) is 10.3. The van der Waals surface area contributed by atoms with Crippen molar-refractivity contribution in [1.82, 2.24) is 25.8 Å². The molecule has 2 aromatic rings. The lowest BCUT2D eigenvalue weighted by atomic mass is 10.4. The van der Waals surface area contributed by atoms with E-state index in [1.165, 1.54) is 23.0 Å². The number of rotatable bonds is 7. The second kappa shape index (κ2) is 7.33. The number of amides is 2. The Morgan fingerprint density at radius 2 is 2.05 bits per heavy atom. The fraction of sp³-hybridized carbons (Fsp3) is 0.364. The maximum absolute atomic E-state index is 11.5. The zero-order chi connectivity index (χ0) is 15.1. The molecule has 21 heavy (non-hydrogen) atoms. The van der Waals surface area contributed by atoms with Crippen molar-refractivity contribution in [3.05, 3.63) is 28.3 Å². The summed E-state index contributed by atoms with van der Waals surface area (Å²) in [5.74, 6) is -0.594. The number of urea groups is 1. The Hall–Kier alpha value is -2.49. The Bertz CT molecular complexity index is 598. The van der Waals surface area contributed by atoms with Crippen LogP contribution in [-0.4, -0.2) is 45.3 Å². The number of hydrogen-bond donors (Lipinski definition) is 3. The molecule has 0 spiro atoms. The standard InChI is InChI=1S/C11H13N5O4S/c17-10(18)7-5-21-9(16-7)2-4-13-11(19)12-3-1-8-14-6-15-20-8/h5-6H,1-4H2,(H,17,18)(H2,12,13,19). The second-order valence-corrected chi connectivity index (χ2v) is 4.89. The number of aromatic carboxylic acids is 1. The van der Waals surface area contributed by atoms with E-state index in [1.54, 1.807) is 0 Å². The molecule has 0 aliphatic rings. The Morgan fingerprint density at radius 1 is 1.29 bits per heavy atom. The molecular weight excluding hydrogens is 298 g/mol. The van der Waals surface area contributed by atoms with Crippen molar-refractivity contribution in [1.29, 1.82) is 0 Å². The summed E-state index contributed by atoms with van der Waals surface area (Å²) < 4.78 is 4.79. The molecule has 0 bridgehead atoms. The number of carboxylic acids is 1. The van der Waals surface area contributed by atoms with Crippen LogP contribution in [0.15, 0.2) is 16.2 Å². The highest BCUT2D eigenvalue weighted by atomic mass is 32.1. The number of nitrogens with zero attached hydrogens (tertiary/aromatic N) is 3. The van der Waals surface area contributed by atoms with Gasteiger partial charge in [0.15, 0.2) is 12.0 Å². The molecule has 0 saturated carbocycles. The lowest BCUT2D eigenvalue weighted by molar-refractivity contribution is 0.0691. The van der Waals surface area contributed by atoms with E-state index in [2.05, 4.69) is 25.8 Å². The summed E-state index contributed by atoms with van der Waals surface area (Å²) in [7, 11) is 0. The molecule has 0 radical (unpaired) electrons. The van der Waals surface area contributed by atoms with Gasteiger partial charge in [-0.25, -0.2) is 14.6 Å². The van der Waals surface area contributed by atoms with Gasteiger partial charge in [0.05, 0.1) is 5.01 Å². The number of carbonyl (C=O) groups is 2. The summed E-state index contributed by atoms with van der Waals surface area (Å²) in [6.07, 6.45) is 2.24. The quantitative estimate of drug-likeness (QED) is 0.670. The molecule has 3 N–H and O–H groups in total. The Kier molecular flexibility index (Phi) is 5.21. The zero-order valence-corrected chi connectivity index (χ0v) is 11.7. The molecule has 2 amide bonds. The molecule has 2 rings (SSSR count). The topological polar surface area (TPSA) is 130 Å². The van der Waals surface area contributed by atoms with Crippen LogP contribution in [0.2, 0.25) is 0 Å². The highest BCUT2D eigenvalue weighted by Crippen LogP contribution is 2.09. The van der Waals surface area contributed by atoms with E-state index >= 15 is 0 Å². The first-order valence-electron chi connectivity index (χ1n) is 6.10. The Morgan fingerprint density at radius 3 is 2.67 bits per heavy atom. The average Bonchev–Trinajstić information content (AvgIpc) is 3.09. The van der Waals surface area contributed by atoms with Crippen LogP contribution in [0.5, 0.6) is 0 Å². The van der Waals surface area contributed by atoms with Gasteiger partial charge in [-0.1, -0.05) is 5.16 Å². The van der Waals surface area contributed by atoms with Crippen LogP contribution in [-0.2, 0) is 12.8 Å². The minimum Gasteiger partial charge on any atom is -0.476 e. The molecule has 0 fully saturated rings. The summed E-state index contributed by atoms with van der Waals surface area (Å²) in [5.41, 5.74) is 0.0269. The SMILES string of the molecule is O=C(NCCc1ncno1)NCCc1nc(C(=O)O)cs1. The molecule has 0 aromatic carbocycles. The van der Waals surface area contributed by atoms with Crippen LogP contribution >= 0.6 is 11.3 Å². The summed E-state index contributed by atoms with van der Waals surface area (Å²) >= 11 is 1.25. The van der Waals surface area contributed by atoms with Crippen LogP contribution in [0.25, 0.3) is 0 Å². The largest absolute Gasteiger partial charge is 0.476 e. The predicted molar refractivity (Wildman–Crippen MR) is 72.2 cm³/mol. The molecule has 10 heteroatoms. The monoisotopic (exact) mass is 311 g/mol. The fourth-order valence-corrected chi connectivity index (χ4v) is 2.23. The number of nitrogens with one attached hydrogen (secondary N) is 2. The first-order chi connectivity index (χ1) is 10.1. The maximum Gasteiger partial charge on any atom is 0.355 e. The van der Waals surface area contributed by atoms with Crippen LogP contribution in [0.4, 0.5) is 4.79 Å². The molecule has 9 nitrogen and oxygen atoms in total. The molecule has 0 unspecified atom stereocenters. The second-order valence-electron chi connectivity index (χ2n) is 3.95. The molecule has 2 aromatic heterocycles. The number of aromatic nitrogens is 3. The van der Waals surface area contributed by atoms with Gasteiger partial charge in [0.2, 0.25) is 5.89 Å². The highest BCUT2D eigenvalue weighted by molar-refractivity contribution is 7.09. The van der Waals surface area contributed by atoms with E-state index in [1.807, 2.05) is 0 Å². The van der Waals surface area contributed by atoms with E-state index in [0.717, 1.165) is 0 Å². The van der Waals surface area contributed by atoms with Crippen LogP contribution in [0.1, 0.15) is 21.4 Å². The number of thiazole rings is 1. The van der Waals surface area contributed by atoms with Gasteiger partial charge in [-0.3, -0.25) is 0 Å². The van der Waals surface area contributed by atoms with Crippen molar-refractivity contribution in [2.45, 2.75) is 12.8 Å². The van der Waals surface area contributed by atoms with Gasteiger partial charge >= 0.3 is 12.0 Å². The molecule has 112 valence electrons. The molecule has 2 heterocycles. The van der Waals surface area contributed by atoms with Gasteiger partial charge in [-0.15, -0.1) is 11.3 Å². The maximum atomic E-state index is 11.5. The molecule has 0 atom stereocenters. The fourth-order valence-electron chi connectivity index (χ4n) is 1.46. The summed E-state index contributed by atoms with van der Waals surface area (Å²) in [6, 6.07) is -0.315. The molecule has 0 saturated heterocycles. The summed E-state index contributed by atoms with van der Waals surface area (Å²) in [4.78, 5) is 29.9. The summed E-state index contributed by atoms with van der Waals surface area (Å²) in [6.45, 7) is 0.757. The van der Waals surface area contributed by atoms with Gasteiger partial charge in [0, 0.05) is 31.3 Å². The predicted octanol–water partition coefficient (Wildman–Crippen LogP) is 0.309. The lowest BCUT2D eigenvalue weighted by Gasteiger charge is -2.05. The van der Waals surface area contributed by atoms with Crippen LogP contribution in [0, 0.1) is 0 Å². The van der Waals surface area contributed by atoms with Gasteiger partial charge in [0.1, 0.15) is 0 Å². The van der Waals surface area contributed by atoms with Gasteiger partial charge in [-0.05, 0) is 0 Å². The molecule has 0 aliphatic heterocycles.